The van der Waals surface area contributed by atoms with Crippen LogP contribution in [0.4, 0.5) is 5.69 Å². The van der Waals surface area contributed by atoms with Crippen molar-refractivity contribution in [3.05, 3.63) is 22.7 Å². The zero-order chi connectivity index (χ0) is 15.2. The summed E-state index contributed by atoms with van der Waals surface area (Å²) in [5.74, 6) is 0.0564. The molecule has 1 aliphatic rings. The Hall–Kier alpha value is -1.62. The van der Waals surface area contributed by atoms with E-state index in [4.69, 9.17) is 5.73 Å². The number of amides is 1. The predicted molar refractivity (Wildman–Crippen MR) is 87.7 cm³/mol. The number of nitrogen functional groups attached to an aromatic ring is 1. The van der Waals surface area contributed by atoms with Crippen LogP contribution in [0.25, 0.3) is 10.2 Å². The molecule has 2 aromatic heterocycles. The fraction of sp³-hybridized carbons (Fsp3) is 0.500. The van der Waals surface area contributed by atoms with Crippen LogP contribution in [0.3, 0.4) is 0 Å². The molecule has 0 aromatic carbocycles. The van der Waals surface area contributed by atoms with Gasteiger partial charge in [-0.2, -0.15) is 0 Å². The molecule has 0 aliphatic carbocycles. The molecule has 112 valence electrons. The smallest absolute Gasteiger partial charge is 0.266 e. The number of nitrogens with zero attached hydrogens (tertiary/aromatic N) is 2. The number of anilines is 1. The molecule has 1 aliphatic heterocycles. The molecule has 4 nitrogen and oxygen atoms in total. The number of carbonyl (C=O) groups is 1. The molecule has 3 heterocycles. The number of pyridine rings is 1. The van der Waals surface area contributed by atoms with Gasteiger partial charge in [0.25, 0.3) is 5.91 Å². The van der Waals surface area contributed by atoms with Gasteiger partial charge in [-0.3, -0.25) is 4.79 Å². The molecule has 0 saturated carbocycles. The van der Waals surface area contributed by atoms with Crippen LogP contribution in [0.15, 0.2) is 12.1 Å². The first-order valence-electron chi connectivity index (χ1n) is 7.32. The van der Waals surface area contributed by atoms with Crippen molar-refractivity contribution in [1.29, 1.82) is 0 Å². The number of nitrogens with two attached hydrogens (primary N) is 1. The minimum Gasteiger partial charge on any atom is -0.397 e. The first-order chi connectivity index (χ1) is 9.87. The van der Waals surface area contributed by atoms with Crippen LogP contribution in [0, 0.1) is 12.3 Å². The van der Waals surface area contributed by atoms with Crippen LogP contribution in [0.2, 0.25) is 0 Å². The van der Waals surface area contributed by atoms with Gasteiger partial charge in [0.1, 0.15) is 9.71 Å². The van der Waals surface area contributed by atoms with E-state index in [1.807, 2.05) is 24.0 Å². The summed E-state index contributed by atoms with van der Waals surface area (Å²) in [7, 11) is 0. The van der Waals surface area contributed by atoms with E-state index in [0.29, 0.717) is 10.6 Å². The molecule has 1 saturated heterocycles. The largest absolute Gasteiger partial charge is 0.397 e. The van der Waals surface area contributed by atoms with E-state index >= 15 is 0 Å². The average molecular weight is 303 g/mol. The molecule has 21 heavy (non-hydrogen) atoms. The van der Waals surface area contributed by atoms with Crippen molar-refractivity contribution < 1.29 is 4.79 Å². The van der Waals surface area contributed by atoms with Crippen LogP contribution < -0.4 is 5.73 Å². The van der Waals surface area contributed by atoms with Crippen molar-refractivity contribution in [2.45, 2.75) is 33.6 Å². The third-order valence-electron chi connectivity index (χ3n) is 4.11. The van der Waals surface area contributed by atoms with E-state index < -0.39 is 0 Å². The summed E-state index contributed by atoms with van der Waals surface area (Å²) >= 11 is 1.41. The second-order valence-corrected chi connectivity index (χ2v) is 7.64. The molecular formula is C16H21N3OS. The molecule has 0 radical (unpaired) electrons. The Bertz CT molecular complexity index is 705. The zero-order valence-corrected chi connectivity index (χ0v) is 13.6. The first-order valence-corrected chi connectivity index (χ1v) is 8.14. The van der Waals surface area contributed by atoms with Crippen molar-refractivity contribution >= 4 is 33.1 Å². The lowest BCUT2D eigenvalue weighted by molar-refractivity contribution is 0.0589. The number of likely N-dealkylation sites (tertiary alicyclic amines) is 1. The summed E-state index contributed by atoms with van der Waals surface area (Å²) in [4.78, 5) is 20.7. The van der Waals surface area contributed by atoms with E-state index in [-0.39, 0.29) is 11.3 Å². The van der Waals surface area contributed by atoms with Crippen molar-refractivity contribution in [3.63, 3.8) is 0 Å². The highest BCUT2D eigenvalue weighted by molar-refractivity contribution is 7.21. The third kappa shape index (κ3) is 2.62. The van der Waals surface area contributed by atoms with Gasteiger partial charge in [0.15, 0.2) is 0 Å². The number of aromatic nitrogens is 1. The van der Waals surface area contributed by atoms with Gasteiger partial charge < -0.3 is 10.6 Å². The van der Waals surface area contributed by atoms with E-state index in [1.54, 1.807) is 0 Å². The highest BCUT2D eigenvalue weighted by Gasteiger charge is 2.31. The maximum atomic E-state index is 12.8. The Morgan fingerprint density at radius 3 is 2.90 bits per heavy atom. The molecule has 0 bridgehead atoms. The second-order valence-electron chi connectivity index (χ2n) is 6.64. The molecule has 1 fully saturated rings. The monoisotopic (exact) mass is 303 g/mol. The maximum Gasteiger partial charge on any atom is 0.266 e. The van der Waals surface area contributed by atoms with Crippen LogP contribution in [-0.2, 0) is 0 Å². The van der Waals surface area contributed by atoms with Crippen LogP contribution >= 0.6 is 11.3 Å². The van der Waals surface area contributed by atoms with Gasteiger partial charge in [0.05, 0.1) is 5.69 Å². The lowest BCUT2D eigenvalue weighted by Crippen LogP contribution is -2.43. The Labute approximate surface area is 129 Å². The lowest BCUT2D eigenvalue weighted by Gasteiger charge is -2.37. The molecule has 0 atom stereocenters. The summed E-state index contributed by atoms with van der Waals surface area (Å²) in [5, 5.41) is 0.894. The van der Waals surface area contributed by atoms with E-state index in [2.05, 4.69) is 18.8 Å². The number of rotatable bonds is 1. The summed E-state index contributed by atoms with van der Waals surface area (Å²) < 4.78 is 0. The summed E-state index contributed by atoms with van der Waals surface area (Å²) in [6.07, 6.45) is 2.22. The fourth-order valence-electron chi connectivity index (χ4n) is 2.99. The summed E-state index contributed by atoms with van der Waals surface area (Å²) in [5.41, 5.74) is 7.90. The third-order valence-corrected chi connectivity index (χ3v) is 5.22. The number of thiophene rings is 1. The number of hydrogen-bond donors (Lipinski definition) is 1. The standard InChI is InChI=1S/C16H21N3OS/c1-10-5-6-11-12(17)13(21-14(11)18-10)15(20)19-8-4-7-16(2,3)9-19/h5-6H,4,7-9,17H2,1-3H3. The van der Waals surface area contributed by atoms with Crippen molar-refractivity contribution in [1.82, 2.24) is 9.88 Å². The Morgan fingerprint density at radius 1 is 1.43 bits per heavy atom. The summed E-state index contributed by atoms with van der Waals surface area (Å²) in [6.45, 7) is 8.00. The Balaban J connectivity index is 1.96. The van der Waals surface area contributed by atoms with Gasteiger partial charge in [-0.1, -0.05) is 13.8 Å². The van der Waals surface area contributed by atoms with Gasteiger partial charge in [-0.05, 0) is 37.3 Å². The Kier molecular flexibility index (Phi) is 3.40. The average Bonchev–Trinajstić information content (AvgIpc) is 2.73. The van der Waals surface area contributed by atoms with E-state index in [1.165, 1.54) is 17.8 Å². The van der Waals surface area contributed by atoms with Crippen molar-refractivity contribution in [2.24, 2.45) is 5.41 Å². The van der Waals surface area contributed by atoms with Gasteiger partial charge in [0.2, 0.25) is 0 Å². The number of piperidine rings is 1. The van der Waals surface area contributed by atoms with Gasteiger partial charge in [-0.25, -0.2) is 4.98 Å². The maximum absolute atomic E-state index is 12.8. The van der Waals surface area contributed by atoms with Gasteiger partial charge in [0, 0.05) is 24.2 Å². The molecule has 0 unspecified atom stereocenters. The van der Waals surface area contributed by atoms with Crippen LogP contribution in [0.1, 0.15) is 42.1 Å². The molecule has 0 spiro atoms. The quantitative estimate of drug-likeness (QED) is 0.878. The minimum atomic E-state index is 0.0564. The van der Waals surface area contributed by atoms with Crippen molar-refractivity contribution in [2.75, 3.05) is 18.8 Å². The molecule has 3 rings (SSSR count). The zero-order valence-electron chi connectivity index (χ0n) is 12.8. The number of aryl methyl sites for hydroxylation is 1. The van der Waals surface area contributed by atoms with Gasteiger partial charge in [-0.15, -0.1) is 11.3 Å². The number of fused-ring (bicyclic) bond motifs is 1. The normalized spacial score (nSPS) is 18.1. The highest BCUT2D eigenvalue weighted by Crippen LogP contribution is 2.35. The highest BCUT2D eigenvalue weighted by atomic mass is 32.1. The van der Waals surface area contributed by atoms with E-state index in [0.717, 1.165) is 35.4 Å². The molecular weight excluding hydrogens is 282 g/mol. The fourth-order valence-corrected chi connectivity index (χ4v) is 4.10. The SMILES string of the molecule is Cc1ccc2c(N)c(C(=O)N3CCCC(C)(C)C3)sc2n1. The number of hydrogen-bond acceptors (Lipinski definition) is 4. The van der Waals surface area contributed by atoms with Crippen LogP contribution in [0.5, 0.6) is 0 Å². The summed E-state index contributed by atoms with van der Waals surface area (Å²) in [6, 6.07) is 3.89. The first kappa shape index (κ1) is 14.3. The predicted octanol–water partition coefficient (Wildman–Crippen LogP) is 3.45. The topological polar surface area (TPSA) is 59.2 Å². The molecule has 2 aromatic rings. The van der Waals surface area contributed by atoms with Crippen molar-refractivity contribution in [3.8, 4) is 0 Å². The number of carbonyl (C=O) groups excluding carboxylic acids is 1. The lowest BCUT2D eigenvalue weighted by atomic mass is 9.84. The van der Waals surface area contributed by atoms with Gasteiger partial charge >= 0.3 is 0 Å². The molecule has 5 heteroatoms. The second kappa shape index (κ2) is 4.98. The minimum absolute atomic E-state index is 0.0564. The molecule has 2 N–H and O–H groups in total. The Morgan fingerprint density at radius 2 is 2.19 bits per heavy atom. The van der Waals surface area contributed by atoms with E-state index in [9.17, 15) is 4.79 Å². The van der Waals surface area contributed by atoms with Crippen LogP contribution in [-0.4, -0.2) is 28.9 Å². The molecule has 1 amide bonds.